The average molecular weight is 439 g/mol. The van der Waals surface area contributed by atoms with E-state index in [-0.39, 0.29) is 22.8 Å². The van der Waals surface area contributed by atoms with Gasteiger partial charge in [-0.05, 0) is 42.3 Å². The lowest BCUT2D eigenvalue weighted by Gasteiger charge is -2.37. The third kappa shape index (κ3) is 7.48. The Morgan fingerprint density at radius 1 is 1.07 bits per heavy atom. The summed E-state index contributed by atoms with van der Waals surface area (Å²) < 4.78 is 0. The number of benzene rings is 1. The van der Waals surface area contributed by atoms with Crippen molar-refractivity contribution in [1.82, 2.24) is 10.2 Å². The van der Waals surface area contributed by atoms with E-state index >= 15 is 0 Å². The smallest absolute Gasteiger partial charge is 0.226 e. The first-order valence-corrected chi connectivity index (χ1v) is 10.9. The van der Waals surface area contributed by atoms with Crippen LogP contribution in [0.1, 0.15) is 40.5 Å². The van der Waals surface area contributed by atoms with E-state index in [9.17, 15) is 9.59 Å². The summed E-state index contributed by atoms with van der Waals surface area (Å²) in [5.74, 6) is 0.757. The van der Waals surface area contributed by atoms with Gasteiger partial charge in [0.2, 0.25) is 11.8 Å². The molecule has 0 unspecified atom stereocenters. The van der Waals surface area contributed by atoms with Gasteiger partial charge in [-0.15, -0.1) is 0 Å². The normalized spacial score (nSPS) is 14.3. The Morgan fingerprint density at radius 2 is 1.69 bits per heavy atom. The van der Waals surface area contributed by atoms with Crippen molar-refractivity contribution in [3.63, 3.8) is 0 Å². The van der Waals surface area contributed by atoms with Crippen molar-refractivity contribution in [2.24, 2.45) is 11.8 Å². The van der Waals surface area contributed by atoms with Crippen LogP contribution in [0.4, 0.5) is 11.4 Å². The molecule has 0 atom stereocenters. The van der Waals surface area contributed by atoms with Gasteiger partial charge in [-0.2, -0.15) is 0 Å². The second-order valence-corrected chi connectivity index (χ2v) is 9.05. The first-order valence-electron chi connectivity index (χ1n) is 10.1. The summed E-state index contributed by atoms with van der Waals surface area (Å²) in [6, 6.07) is 5.63. The summed E-state index contributed by atoms with van der Waals surface area (Å²) in [5, 5.41) is 6.54. The van der Waals surface area contributed by atoms with E-state index in [1.54, 1.807) is 6.07 Å². The van der Waals surface area contributed by atoms with Crippen molar-refractivity contribution in [3.8, 4) is 0 Å². The molecule has 1 aliphatic heterocycles. The summed E-state index contributed by atoms with van der Waals surface area (Å²) in [4.78, 5) is 28.2. The molecule has 1 aromatic rings. The molecule has 0 spiro atoms. The highest BCUT2D eigenvalue weighted by atomic mass is 35.5. The lowest BCUT2D eigenvalue weighted by atomic mass is 10.1. The predicted octanol–water partition coefficient (Wildman–Crippen LogP) is 3.89. The molecular weight excluding hydrogens is 408 g/mol. The molecule has 0 bridgehead atoms. The summed E-state index contributed by atoms with van der Waals surface area (Å²) in [7, 11) is 0. The Balaban J connectivity index is 1.91. The number of anilines is 2. The standard InChI is InChI=1S/C21H31ClN4O2S/c1-14(2)11-19(27)24-21(29)23-16-5-6-18(17(22)13-16)25-7-9-26(10-8-25)20(28)12-15(3)4/h5-6,13-15H,7-12H2,1-4H3,(H2,23,24,27,29). The zero-order valence-electron chi connectivity index (χ0n) is 17.6. The molecule has 0 saturated carbocycles. The fraction of sp³-hybridized carbons (Fsp3) is 0.571. The molecule has 1 heterocycles. The maximum absolute atomic E-state index is 12.2. The molecule has 0 radical (unpaired) electrons. The Morgan fingerprint density at radius 3 is 2.24 bits per heavy atom. The maximum atomic E-state index is 12.2. The second-order valence-electron chi connectivity index (χ2n) is 8.23. The molecule has 0 aliphatic carbocycles. The number of hydrogen-bond acceptors (Lipinski definition) is 4. The molecule has 8 heteroatoms. The number of hydrogen-bond donors (Lipinski definition) is 2. The number of nitrogens with zero attached hydrogens (tertiary/aromatic N) is 2. The number of carbonyl (C=O) groups is 2. The van der Waals surface area contributed by atoms with Crippen LogP contribution in [0.2, 0.25) is 5.02 Å². The van der Waals surface area contributed by atoms with Crippen molar-refractivity contribution in [3.05, 3.63) is 23.2 Å². The van der Waals surface area contributed by atoms with Gasteiger partial charge in [-0.1, -0.05) is 39.3 Å². The number of rotatable bonds is 6. The van der Waals surface area contributed by atoms with Crippen LogP contribution in [0.15, 0.2) is 18.2 Å². The minimum absolute atomic E-state index is 0.106. The number of piperazine rings is 1. The van der Waals surface area contributed by atoms with E-state index in [1.165, 1.54) is 0 Å². The predicted molar refractivity (Wildman–Crippen MR) is 124 cm³/mol. The number of nitrogens with one attached hydrogen (secondary N) is 2. The zero-order valence-corrected chi connectivity index (χ0v) is 19.2. The topological polar surface area (TPSA) is 64.7 Å². The van der Waals surface area contributed by atoms with Gasteiger partial charge in [0.1, 0.15) is 0 Å². The molecule has 1 saturated heterocycles. The Labute approximate surface area is 184 Å². The van der Waals surface area contributed by atoms with Crippen LogP contribution in [0, 0.1) is 11.8 Å². The Hall–Kier alpha value is -1.86. The van der Waals surface area contributed by atoms with Gasteiger partial charge >= 0.3 is 0 Å². The van der Waals surface area contributed by atoms with E-state index in [0.717, 1.165) is 24.5 Å². The van der Waals surface area contributed by atoms with Crippen LogP contribution in [0.5, 0.6) is 0 Å². The molecule has 2 N–H and O–H groups in total. The minimum Gasteiger partial charge on any atom is -0.367 e. The molecule has 2 rings (SSSR count). The van der Waals surface area contributed by atoms with E-state index in [4.69, 9.17) is 23.8 Å². The fourth-order valence-electron chi connectivity index (χ4n) is 3.23. The van der Waals surface area contributed by atoms with E-state index < -0.39 is 0 Å². The van der Waals surface area contributed by atoms with E-state index in [2.05, 4.69) is 29.4 Å². The first kappa shape index (κ1) is 23.4. The quantitative estimate of drug-likeness (QED) is 0.659. The highest BCUT2D eigenvalue weighted by molar-refractivity contribution is 7.80. The van der Waals surface area contributed by atoms with Crippen molar-refractivity contribution in [1.29, 1.82) is 0 Å². The van der Waals surface area contributed by atoms with Crippen molar-refractivity contribution < 1.29 is 9.59 Å². The number of halogens is 1. The maximum Gasteiger partial charge on any atom is 0.226 e. The SMILES string of the molecule is CC(C)CC(=O)NC(=S)Nc1ccc(N2CCN(C(=O)CC(C)C)CC2)c(Cl)c1. The van der Waals surface area contributed by atoms with Gasteiger partial charge < -0.3 is 20.4 Å². The summed E-state index contributed by atoms with van der Waals surface area (Å²) in [6.07, 6.45) is 1.02. The lowest BCUT2D eigenvalue weighted by Crippen LogP contribution is -2.49. The third-order valence-electron chi connectivity index (χ3n) is 4.61. The molecule has 0 aromatic heterocycles. The first-order chi connectivity index (χ1) is 13.7. The van der Waals surface area contributed by atoms with Gasteiger partial charge in [-0.3, -0.25) is 9.59 Å². The Kier molecular flexibility index (Phi) is 8.71. The van der Waals surface area contributed by atoms with Gasteiger partial charge in [0.15, 0.2) is 5.11 Å². The highest BCUT2D eigenvalue weighted by Gasteiger charge is 2.23. The van der Waals surface area contributed by atoms with Gasteiger partial charge in [0, 0.05) is 44.7 Å². The van der Waals surface area contributed by atoms with Crippen molar-refractivity contribution >= 4 is 52.1 Å². The van der Waals surface area contributed by atoms with Crippen molar-refractivity contribution in [2.75, 3.05) is 36.4 Å². The molecule has 1 aromatic carbocycles. The monoisotopic (exact) mass is 438 g/mol. The van der Waals surface area contributed by atoms with Crippen LogP contribution >= 0.6 is 23.8 Å². The molecule has 6 nitrogen and oxygen atoms in total. The minimum atomic E-state index is -0.106. The lowest BCUT2D eigenvalue weighted by molar-refractivity contribution is -0.132. The Bertz CT molecular complexity index is 746. The molecule has 29 heavy (non-hydrogen) atoms. The third-order valence-corrected chi connectivity index (χ3v) is 5.11. The van der Waals surface area contributed by atoms with Crippen LogP contribution in [-0.2, 0) is 9.59 Å². The van der Waals surface area contributed by atoms with Crippen LogP contribution in [0.25, 0.3) is 0 Å². The number of thiocarbonyl (C=S) groups is 1. The molecule has 1 fully saturated rings. The van der Waals surface area contributed by atoms with Crippen molar-refractivity contribution in [2.45, 2.75) is 40.5 Å². The molecule has 160 valence electrons. The number of amides is 2. The summed E-state index contributed by atoms with van der Waals surface area (Å²) in [5.41, 5.74) is 1.65. The average Bonchev–Trinajstić information content (AvgIpc) is 2.60. The van der Waals surface area contributed by atoms with Gasteiger partial charge in [0.25, 0.3) is 0 Å². The van der Waals surface area contributed by atoms with E-state index in [1.807, 2.05) is 30.9 Å². The summed E-state index contributed by atoms with van der Waals surface area (Å²) >= 11 is 11.7. The van der Waals surface area contributed by atoms with Crippen LogP contribution in [0.3, 0.4) is 0 Å². The van der Waals surface area contributed by atoms with Crippen LogP contribution in [-0.4, -0.2) is 48.0 Å². The molecule has 1 aliphatic rings. The highest BCUT2D eigenvalue weighted by Crippen LogP contribution is 2.29. The fourth-order valence-corrected chi connectivity index (χ4v) is 3.76. The largest absolute Gasteiger partial charge is 0.367 e. The second kappa shape index (κ2) is 10.8. The van der Waals surface area contributed by atoms with Crippen LogP contribution < -0.4 is 15.5 Å². The van der Waals surface area contributed by atoms with Gasteiger partial charge in [-0.25, -0.2) is 0 Å². The number of carbonyl (C=O) groups excluding carboxylic acids is 2. The zero-order chi connectivity index (χ0) is 21.6. The van der Waals surface area contributed by atoms with E-state index in [0.29, 0.717) is 36.9 Å². The molecular formula is C21H31ClN4O2S. The summed E-state index contributed by atoms with van der Waals surface area (Å²) in [6.45, 7) is 11.0. The van der Waals surface area contributed by atoms with Gasteiger partial charge in [0.05, 0.1) is 10.7 Å². The molecule has 2 amide bonds.